The average molecular weight is 222 g/mol. The summed E-state index contributed by atoms with van der Waals surface area (Å²) in [6.07, 6.45) is 10.8. The molecule has 90 valence electrons. The van der Waals surface area contributed by atoms with E-state index in [1.54, 1.807) is 6.08 Å². The van der Waals surface area contributed by atoms with Crippen molar-refractivity contribution in [3.63, 3.8) is 0 Å². The van der Waals surface area contributed by atoms with Crippen LogP contribution in [0.1, 0.15) is 46.0 Å². The van der Waals surface area contributed by atoms with Crippen molar-refractivity contribution in [2.45, 2.75) is 52.1 Å². The van der Waals surface area contributed by atoms with Crippen molar-refractivity contribution in [2.24, 2.45) is 5.41 Å². The lowest BCUT2D eigenvalue weighted by Gasteiger charge is -2.32. The molecule has 0 unspecified atom stereocenters. The van der Waals surface area contributed by atoms with Crippen LogP contribution in [0.5, 0.6) is 0 Å². The van der Waals surface area contributed by atoms with Crippen molar-refractivity contribution in [1.29, 1.82) is 0 Å². The van der Waals surface area contributed by atoms with Crippen molar-refractivity contribution >= 4 is 5.97 Å². The third-order valence-electron chi connectivity index (χ3n) is 3.05. The molecule has 1 rings (SSSR count). The van der Waals surface area contributed by atoms with E-state index in [1.807, 2.05) is 26.0 Å². The zero-order chi connectivity index (χ0) is 12.0. The highest BCUT2D eigenvalue weighted by molar-refractivity contribution is 5.79. The van der Waals surface area contributed by atoms with Crippen LogP contribution in [0.25, 0.3) is 0 Å². The van der Waals surface area contributed by atoms with Crippen LogP contribution in [0.15, 0.2) is 24.8 Å². The van der Waals surface area contributed by atoms with Gasteiger partial charge in [-0.25, -0.2) is 0 Å². The largest absolute Gasteiger partial charge is 0.462 e. The standard InChI is InChI=1S/C14H22O2/c1-4-5-9-14(10-7-6-8-11-14)13(15)16-12(2)3/h4-5,9,12H,1,6-8,10-11H2,2-3H3. The molecule has 2 heteroatoms. The highest BCUT2D eigenvalue weighted by Crippen LogP contribution is 2.39. The van der Waals surface area contributed by atoms with Gasteiger partial charge < -0.3 is 4.74 Å². The second-order valence-electron chi connectivity index (χ2n) is 4.77. The molecule has 0 saturated heterocycles. The maximum atomic E-state index is 12.1. The molecule has 1 saturated carbocycles. The fourth-order valence-corrected chi connectivity index (χ4v) is 2.21. The molecular weight excluding hydrogens is 200 g/mol. The minimum atomic E-state index is -0.392. The summed E-state index contributed by atoms with van der Waals surface area (Å²) >= 11 is 0. The topological polar surface area (TPSA) is 26.3 Å². The predicted molar refractivity (Wildman–Crippen MR) is 66.1 cm³/mol. The van der Waals surface area contributed by atoms with E-state index >= 15 is 0 Å². The van der Waals surface area contributed by atoms with Gasteiger partial charge in [-0.1, -0.05) is 44.1 Å². The first-order valence-corrected chi connectivity index (χ1v) is 6.12. The zero-order valence-electron chi connectivity index (χ0n) is 10.4. The quantitative estimate of drug-likeness (QED) is 0.536. The van der Waals surface area contributed by atoms with Crippen LogP contribution in [-0.2, 0) is 9.53 Å². The molecule has 1 fully saturated rings. The minimum Gasteiger partial charge on any atom is -0.462 e. The van der Waals surface area contributed by atoms with Crippen LogP contribution in [0.2, 0.25) is 0 Å². The number of carbonyl (C=O) groups excluding carboxylic acids is 1. The van der Waals surface area contributed by atoms with Crippen molar-refractivity contribution in [3.8, 4) is 0 Å². The molecule has 0 radical (unpaired) electrons. The highest BCUT2D eigenvalue weighted by Gasteiger charge is 2.38. The summed E-state index contributed by atoms with van der Waals surface area (Å²) in [6, 6.07) is 0. The van der Waals surface area contributed by atoms with Gasteiger partial charge in [-0.3, -0.25) is 4.79 Å². The summed E-state index contributed by atoms with van der Waals surface area (Å²) in [5.74, 6) is -0.0692. The summed E-state index contributed by atoms with van der Waals surface area (Å²) < 4.78 is 5.37. The molecule has 0 aliphatic heterocycles. The monoisotopic (exact) mass is 222 g/mol. The molecule has 1 aliphatic carbocycles. The number of hydrogen-bond donors (Lipinski definition) is 0. The molecule has 1 aliphatic rings. The Morgan fingerprint density at radius 3 is 2.44 bits per heavy atom. The number of ether oxygens (including phenoxy) is 1. The molecule has 0 aromatic rings. The summed E-state index contributed by atoms with van der Waals surface area (Å²) in [4.78, 5) is 12.1. The van der Waals surface area contributed by atoms with E-state index in [-0.39, 0.29) is 12.1 Å². The van der Waals surface area contributed by atoms with Gasteiger partial charge in [0.15, 0.2) is 0 Å². The van der Waals surface area contributed by atoms with Crippen molar-refractivity contribution in [1.82, 2.24) is 0 Å². The first-order valence-electron chi connectivity index (χ1n) is 6.12. The van der Waals surface area contributed by atoms with Gasteiger partial charge >= 0.3 is 5.97 Å². The second kappa shape index (κ2) is 5.88. The summed E-state index contributed by atoms with van der Waals surface area (Å²) in [5.41, 5.74) is -0.392. The Kier molecular flexibility index (Phi) is 4.78. The van der Waals surface area contributed by atoms with Crippen molar-refractivity contribution < 1.29 is 9.53 Å². The van der Waals surface area contributed by atoms with Crippen LogP contribution in [-0.4, -0.2) is 12.1 Å². The molecule has 0 spiro atoms. The first-order chi connectivity index (χ1) is 7.60. The van der Waals surface area contributed by atoms with E-state index < -0.39 is 5.41 Å². The summed E-state index contributed by atoms with van der Waals surface area (Å²) in [5, 5.41) is 0. The fourth-order valence-electron chi connectivity index (χ4n) is 2.21. The number of allylic oxidation sites excluding steroid dienone is 2. The third-order valence-corrected chi connectivity index (χ3v) is 3.05. The van der Waals surface area contributed by atoms with Gasteiger partial charge in [0, 0.05) is 0 Å². The molecular formula is C14H22O2. The lowest BCUT2D eigenvalue weighted by atomic mass is 9.74. The second-order valence-corrected chi connectivity index (χ2v) is 4.77. The Morgan fingerprint density at radius 1 is 1.31 bits per heavy atom. The Hall–Kier alpha value is -1.05. The molecule has 0 amide bonds. The maximum Gasteiger partial charge on any atom is 0.316 e. The van der Waals surface area contributed by atoms with Crippen LogP contribution >= 0.6 is 0 Å². The number of hydrogen-bond acceptors (Lipinski definition) is 2. The Bertz CT molecular complexity index is 270. The van der Waals surface area contributed by atoms with Crippen LogP contribution in [0.3, 0.4) is 0 Å². The van der Waals surface area contributed by atoms with E-state index in [4.69, 9.17) is 4.74 Å². The van der Waals surface area contributed by atoms with Gasteiger partial charge in [0.25, 0.3) is 0 Å². The Labute approximate surface area is 98.4 Å². The zero-order valence-corrected chi connectivity index (χ0v) is 10.4. The SMILES string of the molecule is C=CC=CC1(C(=O)OC(C)C)CCCCC1. The lowest BCUT2D eigenvalue weighted by Crippen LogP contribution is -2.34. The molecule has 0 N–H and O–H groups in total. The Balaban J connectivity index is 2.80. The number of carbonyl (C=O) groups is 1. The van der Waals surface area contributed by atoms with Gasteiger partial charge in [0.05, 0.1) is 11.5 Å². The molecule has 2 nitrogen and oxygen atoms in total. The van der Waals surface area contributed by atoms with Gasteiger partial charge in [-0.15, -0.1) is 0 Å². The van der Waals surface area contributed by atoms with Crippen LogP contribution in [0, 0.1) is 5.41 Å². The summed E-state index contributed by atoms with van der Waals surface area (Å²) in [7, 11) is 0. The Morgan fingerprint density at radius 2 is 1.94 bits per heavy atom. The van der Waals surface area contributed by atoms with E-state index in [9.17, 15) is 4.79 Å². The molecule has 0 atom stereocenters. The summed E-state index contributed by atoms with van der Waals surface area (Å²) in [6.45, 7) is 7.45. The van der Waals surface area contributed by atoms with Gasteiger partial charge in [-0.2, -0.15) is 0 Å². The molecule has 0 aromatic carbocycles. The maximum absolute atomic E-state index is 12.1. The number of esters is 1. The van der Waals surface area contributed by atoms with Gasteiger partial charge in [0.2, 0.25) is 0 Å². The van der Waals surface area contributed by atoms with Crippen LogP contribution in [0.4, 0.5) is 0 Å². The van der Waals surface area contributed by atoms with Crippen LogP contribution < -0.4 is 0 Å². The molecule has 16 heavy (non-hydrogen) atoms. The normalized spacial score (nSPS) is 19.9. The minimum absolute atomic E-state index is 0.0385. The predicted octanol–water partition coefficient (Wildman–Crippen LogP) is 3.63. The van der Waals surface area contributed by atoms with Gasteiger partial charge in [0.1, 0.15) is 0 Å². The average Bonchev–Trinajstić information content (AvgIpc) is 2.26. The molecule has 0 bridgehead atoms. The van der Waals surface area contributed by atoms with E-state index in [1.165, 1.54) is 6.42 Å². The highest BCUT2D eigenvalue weighted by atomic mass is 16.5. The van der Waals surface area contributed by atoms with E-state index in [0.29, 0.717) is 0 Å². The molecule has 0 aromatic heterocycles. The lowest BCUT2D eigenvalue weighted by molar-refractivity contribution is -0.158. The van der Waals surface area contributed by atoms with Gasteiger partial charge in [-0.05, 0) is 26.7 Å². The van der Waals surface area contributed by atoms with E-state index in [0.717, 1.165) is 25.7 Å². The van der Waals surface area contributed by atoms with Crippen molar-refractivity contribution in [3.05, 3.63) is 24.8 Å². The molecule has 0 heterocycles. The fraction of sp³-hybridized carbons (Fsp3) is 0.643. The van der Waals surface area contributed by atoms with Crippen molar-refractivity contribution in [2.75, 3.05) is 0 Å². The first kappa shape index (κ1) is 13.0. The third kappa shape index (κ3) is 3.22. The number of rotatable bonds is 4. The van der Waals surface area contributed by atoms with E-state index in [2.05, 4.69) is 6.58 Å². The smallest absolute Gasteiger partial charge is 0.316 e.